The molecule has 0 radical (unpaired) electrons. The number of rotatable bonds is 5. The number of carbonyl (C=O) groups excluding carboxylic acids is 1. The third-order valence-corrected chi connectivity index (χ3v) is 8.86. The van der Waals surface area contributed by atoms with Crippen LogP contribution in [-0.2, 0) is 4.79 Å². The number of carbonyl (C=O) groups is 2. The average molecular weight is 510 g/mol. The molecule has 0 bridgehead atoms. The van der Waals surface area contributed by atoms with Crippen molar-refractivity contribution >= 4 is 17.7 Å². The SMILES string of the molecule is CC(C)(C)CCC(c1ccc(C(=O)O)cc1)N1C(=O)C(N2CCCCC2)=NC12CCC(C(C)(C)C)CC2. The van der Waals surface area contributed by atoms with E-state index in [2.05, 4.69) is 51.3 Å². The van der Waals surface area contributed by atoms with Gasteiger partial charge in [-0.3, -0.25) is 4.79 Å². The van der Waals surface area contributed by atoms with E-state index < -0.39 is 11.6 Å². The molecule has 1 aromatic rings. The number of benzene rings is 1. The molecule has 0 aromatic heterocycles. The van der Waals surface area contributed by atoms with Crippen molar-refractivity contribution in [2.75, 3.05) is 13.1 Å². The number of carboxylic acid groups (broad SMARTS) is 1. The number of likely N-dealkylation sites (tertiary alicyclic amines) is 1. The first-order chi connectivity index (χ1) is 17.3. The van der Waals surface area contributed by atoms with Gasteiger partial charge in [0.2, 0.25) is 0 Å². The fourth-order valence-corrected chi connectivity index (χ4v) is 6.50. The molecule has 1 unspecified atom stereocenters. The average Bonchev–Trinajstić information content (AvgIpc) is 3.11. The van der Waals surface area contributed by atoms with E-state index in [0.717, 1.165) is 70.0 Å². The third kappa shape index (κ3) is 6.04. The molecular formula is C31H47N3O3. The van der Waals surface area contributed by atoms with Crippen LogP contribution in [0.1, 0.15) is 121 Å². The predicted molar refractivity (Wildman–Crippen MR) is 149 cm³/mol. The molecule has 1 N–H and O–H groups in total. The number of piperidine rings is 1. The highest BCUT2D eigenvalue weighted by molar-refractivity contribution is 6.39. The maximum atomic E-state index is 14.3. The van der Waals surface area contributed by atoms with Crippen molar-refractivity contribution < 1.29 is 14.7 Å². The second kappa shape index (κ2) is 10.4. The first-order valence-corrected chi connectivity index (χ1v) is 14.3. The fourth-order valence-electron chi connectivity index (χ4n) is 6.50. The van der Waals surface area contributed by atoms with Gasteiger partial charge in [-0.1, -0.05) is 53.7 Å². The molecule has 2 fully saturated rings. The van der Waals surface area contributed by atoms with E-state index in [-0.39, 0.29) is 28.3 Å². The van der Waals surface area contributed by atoms with Crippen molar-refractivity contribution in [2.45, 2.75) is 111 Å². The fraction of sp³-hybridized carbons (Fsp3) is 0.710. The van der Waals surface area contributed by atoms with Gasteiger partial charge in [-0.25, -0.2) is 9.79 Å². The minimum absolute atomic E-state index is 0.0670. The molecule has 1 spiro atoms. The molecule has 4 rings (SSSR count). The Morgan fingerprint density at radius 3 is 2.14 bits per heavy atom. The topological polar surface area (TPSA) is 73.2 Å². The summed E-state index contributed by atoms with van der Waals surface area (Å²) >= 11 is 0. The zero-order valence-corrected chi connectivity index (χ0v) is 23.8. The van der Waals surface area contributed by atoms with Crippen molar-refractivity contribution in [3.05, 3.63) is 35.4 Å². The molecule has 6 nitrogen and oxygen atoms in total. The highest BCUT2D eigenvalue weighted by atomic mass is 16.4. The molecule has 6 heteroatoms. The van der Waals surface area contributed by atoms with Crippen LogP contribution >= 0.6 is 0 Å². The van der Waals surface area contributed by atoms with E-state index >= 15 is 0 Å². The summed E-state index contributed by atoms with van der Waals surface area (Å²) in [4.78, 5) is 35.6. The zero-order chi connectivity index (χ0) is 27.0. The second-order valence-electron chi connectivity index (χ2n) is 13.8. The molecule has 3 aliphatic rings. The smallest absolute Gasteiger partial charge is 0.335 e. The summed E-state index contributed by atoms with van der Waals surface area (Å²) in [7, 11) is 0. The Kier molecular flexibility index (Phi) is 7.79. The lowest BCUT2D eigenvalue weighted by Gasteiger charge is -2.47. The normalized spacial score (nSPS) is 25.9. The van der Waals surface area contributed by atoms with Crippen LogP contribution in [0.4, 0.5) is 0 Å². The summed E-state index contributed by atoms with van der Waals surface area (Å²) in [5.74, 6) is 0.420. The van der Waals surface area contributed by atoms with E-state index in [1.807, 2.05) is 12.1 Å². The Labute approximate surface area is 223 Å². The lowest BCUT2D eigenvalue weighted by Crippen LogP contribution is -2.52. The quantitative estimate of drug-likeness (QED) is 0.468. The number of hydrogen-bond donors (Lipinski definition) is 1. The molecule has 1 saturated heterocycles. The molecule has 1 atom stereocenters. The highest BCUT2D eigenvalue weighted by Gasteiger charge is 2.53. The number of nitrogens with zero attached hydrogens (tertiary/aromatic N) is 3. The number of aromatic carboxylic acids is 1. The largest absolute Gasteiger partial charge is 0.478 e. The van der Waals surface area contributed by atoms with Gasteiger partial charge in [0.05, 0.1) is 11.6 Å². The lowest BCUT2D eigenvalue weighted by molar-refractivity contribution is -0.134. The van der Waals surface area contributed by atoms with Gasteiger partial charge in [-0.2, -0.15) is 0 Å². The minimum atomic E-state index is -0.928. The Morgan fingerprint density at radius 2 is 1.62 bits per heavy atom. The molecule has 1 saturated carbocycles. The van der Waals surface area contributed by atoms with Crippen molar-refractivity contribution in [3.8, 4) is 0 Å². The molecule has 2 heterocycles. The van der Waals surface area contributed by atoms with E-state index in [1.54, 1.807) is 12.1 Å². The van der Waals surface area contributed by atoms with E-state index in [0.29, 0.717) is 11.8 Å². The van der Waals surface area contributed by atoms with Crippen molar-refractivity contribution in [2.24, 2.45) is 21.7 Å². The number of amides is 1. The number of aliphatic imine (C=N–C) groups is 1. The summed E-state index contributed by atoms with van der Waals surface area (Å²) in [6, 6.07) is 7.05. The standard InChI is InChI=1S/C31H47N3O3/c1-29(2,3)17-16-25(22-10-12-23(13-11-22)28(36)37)34-27(35)26(33-20-8-7-9-21-33)32-31(34)18-14-24(15-19-31)30(4,5)6/h10-13,24-25H,7-9,14-21H2,1-6H3,(H,36,37). The summed E-state index contributed by atoms with van der Waals surface area (Å²) in [5.41, 5.74) is 1.13. The van der Waals surface area contributed by atoms with Crippen molar-refractivity contribution in [1.29, 1.82) is 0 Å². The zero-order valence-electron chi connectivity index (χ0n) is 23.8. The van der Waals surface area contributed by atoms with Crippen LogP contribution in [0, 0.1) is 16.7 Å². The van der Waals surface area contributed by atoms with E-state index in [9.17, 15) is 14.7 Å². The Hall–Kier alpha value is -2.37. The van der Waals surface area contributed by atoms with Gasteiger partial charge in [0.25, 0.3) is 5.91 Å². The van der Waals surface area contributed by atoms with Crippen LogP contribution in [0.5, 0.6) is 0 Å². The van der Waals surface area contributed by atoms with Crippen LogP contribution in [0.3, 0.4) is 0 Å². The van der Waals surface area contributed by atoms with Gasteiger partial charge in [0.1, 0.15) is 5.66 Å². The third-order valence-electron chi connectivity index (χ3n) is 8.86. The predicted octanol–water partition coefficient (Wildman–Crippen LogP) is 6.91. The Morgan fingerprint density at radius 1 is 1.03 bits per heavy atom. The Bertz CT molecular complexity index is 1000. The van der Waals surface area contributed by atoms with Gasteiger partial charge >= 0.3 is 5.97 Å². The monoisotopic (exact) mass is 509 g/mol. The molecular weight excluding hydrogens is 462 g/mol. The lowest BCUT2D eigenvalue weighted by atomic mass is 9.69. The number of carboxylic acids is 1. The van der Waals surface area contributed by atoms with Crippen LogP contribution < -0.4 is 0 Å². The first-order valence-electron chi connectivity index (χ1n) is 14.3. The van der Waals surface area contributed by atoms with E-state index in [4.69, 9.17) is 4.99 Å². The van der Waals surface area contributed by atoms with Gasteiger partial charge in [0, 0.05) is 13.1 Å². The van der Waals surface area contributed by atoms with Crippen molar-refractivity contribution in [1.82, 2.24) is 9.80 Å². The number of hydrogen-bond acceptors (Lipinski definition) is 4. The van der Waals surface area contributed by atoms with Crippen molar-refractivity contribution in [3.63, 3.8) is 0 Å². The molecule has 1 aromatic carbocycles. The summed E-state index contributed by atoms with van der Waals surface area (Å²) in [6.07, 6.45) is 9.11. The van der Waals surface area contributed by atoms with Gasteiger partial charge in [-0.05, 0) is 92.2 Å². The summed E-state index contributed by atoms with van der Waals surface area (Å²) in [5, 5.41) is 9.46. The molecule has 2 aliphatic heterocycles. The molecule has 37 heavy (non-hydrogen) atoms. The molecule has 1 aliphatic carbocycles. The Balaban J connectivity index is 1.74. The highest BCUT2D eigenvalue weighted by Crippen LogP contribution is 2.50. The number of amidine groups is 1. The minimum Gasteiger partial charge on any atom is -0.478 e. The van der Waals surface area contributed by atoms with Crippen LogP contribution in [-0.4, -0.2) is 51.4 Å². The van der Waals surface area contributed by atoms with Gasteiger partial charge < -0.3 is 14.9 Å². The molecule has 204 valence electrons. The second-order valence-corrected chi connectivity index (χ2v) is 13.8. The molecule has 1 amide bonds. The maximum Gasteiger partial charge on any atom is 0.335 e. The summed E-state index contributed by atoms with van der Waals surface area (Å²) in [6.45, 7) is 15.5. The first kappa shape index (κ1) is 27.7. The summed E-state index contributed by atoms with van der Waals surface area (Å²) < 4.78 is 0. The van der Waals surface area contributed by atoms with Crippen LogP contribution in [0.15, 0.2) is 29.3 Å². The van der Waals surface area contributed by atoms with Gasteiger partial charge in [0.15, 0.2) is 5.84 Å². The van der Waals surface area contributed by atoms with Crippen LogP contribution in [0.25, 0.3) is 0 Å². The van der Waals surface area contributed by atoms with Gasteiger partial charge in [-0.15, -0.1) is 0 Å². The van der Waals surface area contributed by atoms with Crippen LogP contribution in [0.2, 0.25) is 0 Å². The maximum absolute atomic E-state index is 14.3. The van der Waals surface area contributed by atoms with E-state index in [1.165, 1.54) is 6.42 Å².